The Labute approximate surface area is 117 Å². The summed E-state index contributed by atoms with van der Waals surface area (Å²) in [6.45, 7) is 0. The first-order valence-electron chi connectivity index (χ1n) is 5.06. The van der Waals surface area contributed by atoms with Crippen LogP contribution in [0.25, 0.3) is 0 Å². The van der Waals surface area contributed by atoms with Crippen LogP contribution < -0.4 is 10.5 Å². The van der Waals surface area contributed by atoms with E-state index in [0.29, 0.717) is 0 Å². The largest absolute Gasteiger partial charge is 0.394 e. The molecular weight excluding hydrogens is 314 g/mol. The third kappa shape index (κ3) is 2.78. The zero-order valence-corrected chi connectivity index (χ0v) is 11.2. The number of rotatable bonds is 3. The van der Waals surface area contributed by atoms with Crippen LogP contribution in [0, 0.1) is 11.6 Å². The second-order valence-electron chi connectivity index (χ2n) is 3.58. The van der Waals surface area contributed by atoms with E-state index in [1.54, 1.807) is 0 Å². The van der Waals surface area contributed by atoms with Gasteiger partial charge in [-0.25, -0.2) is 31.9 Å². The molecule has 0 atom stereocenters. The number of nitrogens with zero attached hydrogens (tertiary/aromatic N) is 2. The molecule has 1 heterocycles. The molecule has 0 fully saturated rings. The molecular formula is C10H7ClF2N4O2S. The van der Waals surface area contributed by atoms with E-state index in [-0.39, 0.29) is 11.1 Å². The third-order valence-electron chi connectivity index (χ3n) is 2.23. The molecule has 6 nitrogen and oxygen atoms in total. The van der Waals surface area contributed by atoms with Crippen molar-refractivity contribution in [1.29, 1.82) is 0 Å². The summed E-state index contributed by atoms with van der Waals surface area (Å²) in [4.78, 5) is 6.38. The van der Waals surface area contributed by atoms with Crippen molar-refractivity contribution in [3.8, 4) is 0 Å². The zero-order chi connectivity index (χ0) is 14.9. The number of hydrogen-bond acceptors (Lipinski definition) is 5. The number of benzene rings is 1. The van der Waals surface area contributed by atoms with Gasteiger partial charge in [-0.15, -0.1) is 0 Å². The van der Waals surface area contributed by atoms with Gasteiger partial charge in [0.25, 0.3) is 10.0 Å². The highest BCUT2D eigenvalue weighted by molar-refractivity contribution is 7.92. The number of hydrogen-bond donors (Lipinski definition) is 2. The molecule has 0 aliphatic carbocycles. The van der Waals surface area contributed by atoms with Crippen molar-refractivity contribution in [3.63, 3.8) is 0 Å². The Balaban J connectivity index is 2.44. The molecule has 0 aliphatic rings. The Bertz CT molecular complexity index is 770. The molecule has 2 rings (SSSR count). The van der Waals surface area contributed by atoms with Crippen LogP contribution in [0.2, 0.25) is 5.15 Å². The molecule has 2 aromatic rings. The average molecular weight is 321 g/mol. The lowest BCUT2D eigenvalue weighted by molar-refractivity contribution is 0.557. The normalized spacial score (nSPS) is 11.3. The molecule has 0 saturated carbocycles. The maximum atomic E-state index is 13.7. The van der Waals surface area contributed by atoms with Crippen LogP contribution in [0.3, 0.4) is 0 Å². The SMILES string of the molecule is Nc1c(F)ccc(S(=O)(=O)Nc2nccc(Cl)n2)c1F. The summed E-state index contributed by atoms with van der Waals surface area (Å²) in [5, 5.41) is -0.00297. The number of anilines is 2. The maximum absolute atomic E-state index is 13.7. The molecule has 0 spiro atoms. The Morgan fingerprint density at radius 2 is 1.95 bits per heavy atom. The second kappa shape index (κ2) is 5.17. The molecule has 1 aromatic carbocycles. The third-order valence-corrected chi connectivity index (χ3v) is 3.78. The van der Waals surface area contributed by atoms with Crippen molar-refractivity contribution in [1.82, 2.24) is 9.97 Å². The summed E-state index contributed by atoms with van der Waals surface area (Å²) in [5.74, 6) is -2.79. The van der Waals surface area contributed by atoms with Gasteiger partial charge in [0, 0.05) is 6.20 Å². The first-order valence-corrected chi connectivity index (χ1v) is 6.92. The topological polar surface area (TPSA) is 98.0 Å². The zero-order valence-electron chi connectivity index (χ0n) is 9.64. The van der Waals surface area contributed by atoms with Gasteiger partial charge in [0.1, 0.15) is 21.6 Å². The molecule has 0 unspecified atom stereocenters. The second-order valence-corrected chi connectivity index (χ2v) is 5.62. The Morgan fingerprint density at radius 1 is 1.25 bits per heavy atom. The first-order chi connectivity index (χ1) is 9.31. The molecule has 0 saturated heterocycles. The van der Waals surface area contributed by atoms with Gasteiger partial charge in [0.2, 0.25) is 5.95 Å². The number of nitrogens with two attached hydrogens (primary N) is 1. The molecule has 3 N–H and O–H groups in total. The molecule has 20 heavy (non-hydrogen) atoms. The van der Waals surface area contributed by atoms with Crippen LogP contribution in [0.4, 0.5) is 20.4 Å². The fourth-order valence-electron chi connectivity index (χ4n) is 1.32. The van der Waals surface area contributed by atoms with E-state index in [0.717, 1.165) is 12.1 Å². The van der Waals surface area contributed by atoms with Gasteiger partial charge in [0.15, 0.2) is 5.82 Å². The van der Waals surface area contributed by atoms with Crippen molar-refractivity contribution in [3.05, 3.63) is 41.2 Å². The van der Waals surface area contributed by atoms with Crippen molar-refractivity contribution in [2.24, 2.45) is 0 Å². The first kappa shape index (κ1) is 14.4. The van der Waals surface area contributed by atoms with E-state index in [1.807, 2.05) is 4.72 Å². The minimum Gasteiger partial charge on any atom is -0.394 e. The van der Waals surface area contributed by atoms with Gasteiger partial charge in [-0.1, -0.05) is 11.6 Å². The van der Waals surface area contributed by atoms with E-state index < -0.39 is 32.2 Å². The van der Waals surface area contributed by atoms with Crippen molar-refractivity contribution >= 4 is 33.3 Å². The molecule has 0 aliphatic heterocycles. The van der Waals surface area contributed by atoms with Gasteiger partial charge >= 0.3 is 0 Å². The average Bonchev–Trinajstić information content (AvgIpc) is 2.35. The Hall–Kier alpha value is -2.00. The molecule has 0 radical (unpaired) electrons. The predicted molar refractivity (Wildman–Crippen MR) is 68.6 cm³/mol. The highest BCUT2D eigenvalue weighted by Gasteiger charge is 2.23. The maximum Gasteiger partial charge on any atom is 0.267 e. The Morgan fingerprint density at radius 3 is 2.60 bits per heavy atom. The number of halogens is 3. The van der Waals surface area contributed by atoms with Crippen molar-refractivity contribution < 1.29 is 17.2 Å². The van der Waals surface area contributed by atoms with Crippen LogP contribution in [0.15, 0.2) is 29.3 Å². The summed E-state index contributed by atoms with van der Waals surface area (Å²) in [6.07, 6.45) is 1.21. The van der Waals surface area contributed by atoms with Crippen LogP contribution in [0.1, 0.15) is 0 Å². The van der Waals surface area contributed by atoms with Crippen molar-refractivity contribution in [2.45, 2.75) is 4.90 Å². The van der Waals surface area contributed by atoms with Gasteiger partial charge in [-0.05, 0) is 18.2 Å². The lowest BCUT2D eigenvalue weighted by Crippen LogP contribution is -2.17. The molecule has 1 aromatic heterocycles. The standard InChI is InChI=1S/C10H7ClF2N4O2S/c11-7-3-4-15-10(16-7)17-20(18,19)6-2-1-5(12)9(14)8(6)13/h1-4H,14H2,(H,15,16,17). The molecule has 0 amide bonds. The van der Waals surface area contributed by atoms with Crippen LogP contribution in [-0.4, -0.2) is 18.4 Å². The van der Waals surface area contributed by atoms with E-state index >= 15 is 0 Å². The van der Waals surface area contributed by atoms with E-state index in [4.69, 9.17) is 17.3 Å². The summed E-state index contributed by atoms with van der Waals surface area (Å²) >= 11 is 5.57. The van der Waals surface area contributed by atoms with E-state index in [2.05, 4.69) is 9.97 Å². The smallest absolute Gasteiger partial charge is 0.267 e. The summed E-state index contributed by atoms with van der Waals surface area (Å²) in [5.41, 5.74) is 4.21. The molecule has 10 heteroatoms. The summed E-state index contributed by atoms with van der Waals surface area (Å²) < 4.78 is 52.5. The summed E-state index contributed by atoms with van der Waals surface area (Å²) in [6, 6.07) is 2.82. The van der Waals surface area contributed by atoms with Gasteiger partial charge in [-0.3, -0.25) is 0 Å². The van der Waals surface area contributed by atoms with Gasteiger partial charge < -0.3 is 5.73 Å². The predicted octanol–water partition coefficient (Wildman–Crippen LogP) is 1.79. The van der Waals surface area contributed by atoms with E-state index in [9.17, 15) is 17.2 Å². The number of nitrogen functional groups attached to an aromatic ring is 1. The Kier molecular flexibility index (Phi) is 3.73. The fourth-order valence-corrected chi connectivity index (χ4v) is 2.50. The highest BCUT2D eigenvalue weighted by Crippen LogP contribution is 2.24. The van der Waals surface area contributed by atoms with Gasteiger partial charge in [0.05, 0.1) is 0 Å². The molecule has 0 bridgehead atoms. The van der Waals surface area contributed by atoms with Crippen molar-refractivity contribution in [2.75, 3.05) is 10.5 Å². The lowest BCUT2D eigenvalue weighted by Gasteiger charge is -2.09. The number of aromatic nitrogens is 2. The minimum absolute atomic E-state index is 0.00297. The number of sulfonamides is 1. The monoisotopic (exact) mass is 320 g/mol. The van der Waals surface area contributed by atoms with Gasteiger partial charge in [-0.2, -0.15) is 0 Å². The van der Waals surface area contributed by atoms with Crippen LogP contribution >= 0.6 is 11.6 Å². The van der Waals surface area contributed by atoms with Crippen LogP contribution in [-0.2, 0) is 10.0 Å². The number of nitrogens with one attached hydrogen (secondary N) is 1. The minimum atomic E-state index is -4.36. The van der Waals surface area contributed by atoms with E-state index in [1.165, 1.54) is 12.3 Å². The van der Waals surface area contributed by atoms with Crippen LogP contribution in [0.5, 0.6) is 0 Å². The quantitative estimate of drug-likeness (QED) is 0.663. The lowest BCUT2D eigenvalue weighted by atomic mass is 10.3. The fraction of sp³-hybridized carbons (Fsp3) is 0. The highest BCUT2D eigenvalue weighted by atomic mass is 35.5. The molecule has 106 valence electrons. The summed E-state index contributed by atoms with van der Waals surface area (Å²) in [7, 11) is -4.36.